The molecule has 38 nitrogen and oxygen atoms in total. The number of hydrogen-bond acceptors (Lipinski definition) is 38. The summed E-state index contributed by atoms with van der Waals surface area (Å²) in [6.07, 6.45) is 11.2. The van der Waals surface area contributed by atoms with Gasteiger partial charge in [-0.15, -0.1) is 0 Å². The molecule has 0 aliphatic carbocycles. The van der Waals surface area contributed by atoms with Crippen molar-refractivity contribution in [2.75, 3.05) is 195 Å². The van der Waals surface area contributed by atoms with E-state index in [1.54, 1.807) is 109 Å². The van der Waals surface area contributed by atoms with Crippen LogP contribution in [0.2, 0.25) is 0 Å². The maximum Gasteiger partial charge on any atom is 0.338 e. The summed E-state index contributed by atoms with van der Waals surface area (Å²) in [7, 11) is -26.2. The Hall–Kier alpha value is -9.97. The minimum absolute atomic E-state index is 0.254. The molecule has 44 heteroatoms. The second-order valence-corrected chi connectivity index (χ2v) is 38.3. The first-order valence-electron chi connectivity index (χ1n) is 42.2. The van der Waals surface area contributed by atoms with Crippen molar-refractivity contribution in [3.63, 3.8) is 0 Å². The minimum atomic E-state index is -4.39. The van der Waals surface area contributed by atoms with Crippen LogP contribution in [0, 0.1) is 0 Å². The lowest BCUT2D eigenvalue weighted by molar-refractivity contribution is -0.119. The van der Waals surface area contributed by atoms with Gasteiger partial charge in [-0.1, -0.05) is 40.5 Å². The normalized spacial score (nSPS) is 13.4. The Bertz CT molecular complexity index is 5050. The van der Waals surface area contributed by atoms with E-state index in [2.05, 4.69) is 57.1 Å². The number of morpholine rings is 1. The molecule has 0 atom stereocenters. The van der Waals surface area contributed by atoms with Crippen molar-refractivity contribution < 1.29 is 145 Å². The van der Waals surface area contributed by atoms with Crippen LogP contribution in [-0.2, 0) is 98.7 Å². The number of Topliss-reactive ketones (excluding diaryl/α,β-unsaturated/α-hetero) is 1. The molecule has 0 radical (unpaired) electrons. The molecule has 0 N–H and O–H groups in total. The van der Waals surface area contributed by atoms with E-state index < -0.39 is 171 Å². The van der Waals surface area contributed by atoms with Crippen LogP contribution in [0.3, 0.4) is 0 Å². The highest BCUT2D eigenvalue weighted by Gasteiger charge is 2.21. The van der Waals surface area contributed by atoms with E-state index in [4.69, 9.17) is 33.2 Å². The molecule has 3 aliphatic rings. The van der Waals surface area contributed by atoms with Crippen molar-refractivity contribution in [1.29, 1.82) is 0 Å². The maximum atomic E-state index is 11.8. The predicted octanol–water partition coefficient (Wildman–Crippen LogP) is 8.21. The highest BCUT2D eigenvalue weighted by atomic mass is 32.2. The van der Waals surface area contributed by atoms with Gasteiger partial charge in [0.2, 0.25) is 0 Å². The Morgan fingerprint density at radius 1 is 0.300 bits per heavy atom. The van der Waals surface area contributed by atoms with Crippen molar-refractivity contribution in [1.82, 2.24) is 0 Å². The quantitative estimate of drug-likeness (QED) is 0.0198. The molecule has 3 saturated heterocycles. The lowest BCUT2D eigenvalue weighted by atomic mass is 10.1. The number of anilines is 6. The molecule has 6 aromatic rings. The van der Waals surface area contributed by atoms with E-state index >= 15 is 0 Å². The third-order valence-electron chi connectivity index (χ3n) is 19.2. The number of nitrogens with zero attached hydrogens (tertiary/aromatic N) is 6. The molecule has 6 aromatic carbocycles. The van der Waals surface area contributed by atoms with Crippen LogP contribution in [0.4, 0.5) is 34.1 Å². The Morgan fingerprint density at radius 3 is 0.754 bits per heavy atom. The summed E-state index contributed by atoms with van der Waals surface area (Å²) in [5.41, 5.74) is 7.97. The van der Waals surface area contributed by atoms with Gasteiger partial charge in [0.25, 0.3) is 0 Å². The van der Waals surface area contributed by atoms with Crippen molar-refractivity contribution in [2.24, 2.45) is 0 Å². The van der Waals surface area contributed by atoms with E-state index in [1.165, 1.54) is 19.3 Å². The summed E-state index contributed by atoms with van der Waals surface area (Å²) in [4.78, 5) is 94.5. The molecule has 3 aliphatic heterocycles. The summed E-state index contributed by atoms with van der Waals surface area (Å²) in [6.45, 7) is 21.9. The van der Waals surface area contributed by atoms with E-state index in [0.29, 0.717) is 67.0 Å². The van der Waals surface area contributed by atoms with Gasteiger partial charge in [-0.3, -0.25) is 4.79 Å². The Morgan fingerprint density at radius 2 is 0.523 bits per heavy atom. The third kappa shape index (κ3) is 47.7. The fourth-order valence-electron chi connectivity index (χ4n) is 12.3. The number of piperidine rings is 2. The molecule has 3 fully saturated rings. The molecule has 9 rings (SSSR count). The number of carbonyl (C=O) groups excluding carboxylic acids is 7. The molecular formula is C86H116N6O32S6-6. The standard InChI is InChI=1S/C17H27NO5S.C15H23NO5S.C14H17NO6S.C14H19NO5S.C13H17NO6S.C13H19NO5S/c1-3-5-11-18(12-6-4-2)16-9-7-15(8-10-16)17(19)23-13-14-24(20,21)22;1-3-9-16(10-4-2)14-7-5-13(6-8-14)15(17)21-11-12-22(18,19)20;16-13-5-7-15(8-6-13)12-3-1-11(2-4-12)14(17)21-9-10-22(18,19)20;16-14(20-10-11-21(17,18)19)12-4-6-13(7-5-12)15-8-2-1-3-9-15;15-13(20-9-10-21(16,17)18)11-1-3-12(4-2-11)14-5-7-19-8-6-14;1-3-14(4-2)12-7-5-11(6-8-12)13(15)19-9-10-20(16,17)18/h7-10H,3-6,11-14H2,1-2H3,(H,20,21,22);5-8H,3-4,9-12H2,1-2H3,(H,18,19,20);1-4H,5-10H2,(H,18,19,20);4-7H,1-3,8-11H2,(H,17,18,19);1-4H,5-10H2,(H,16,17,18);5-8H,3-4,9-10H2,1-2H3,(H,16,17,18)/p-6. The number of ketones is 1. The zero-order valence-corrected chi connectivity index (χ0v) is 78.6. The molecule has 0 saturated carbocycles. The molecule has 0 amide bonds. The lowest BCUT2D eigenvalue weighted by Crippen LogP contribution is -2.36. The number of rotatable bonds is 42. The van der Waals surface area contributed by atoms with Gasteiger partial charge in [0.05, 0.1) is 142 Å². The molecule has 724 valence electrons. The van der Waals surface area contributed by atoms with Crippen molar-refractivity contribution in [3.8, 4) is 0 Å². The van der Waals surface area contributed by atoms with E-state index in [-0.39, 0.29) is 11.3 Å². The van der Waals surface area contributed by atoms with Gasteiger partial charge in [0, 0.05) is 126 Å². The fourth-order valence-corrected chi connectivity index (χ4v) is 14.0. The highest BCUT2D eigenvalue weighted by Crippen LogP contribution is 2.25. The molecule has 130 heavy (non-hydrogen) atoms. The van der Waals surface area contributed by atoms with Crippen LogP contribution in [0.1, 0.15) is 174 Å². The van der Waals surface area contributed by atoms with E-state index in [9.17, 15) is 111 Å². The number of ether oxygens (including phenoxy) is 7. The number of benzene rings is 6. The molecule has 0 bridgehead atoms. The van der Waals surface area contributed by atoms with Crippen molar-refractivity contribution >= 4 is 136 Å². The van der Waals surface area contributed by atoms with Gasteiger partial charge >= 0.3 is 35.8 Å². The molecule has 0 unspecified atom stereocenters. The van der Waals surface area contributed by atoms with Crippen molar-refractivity contribution in [3.05, 3.63) is 179 Å². The van der Waals surface area contributed by atoms with Crippen molar-refractivity contribution in [2.45, 2.75) is 112 Å². The first kappa shape index (κ1) is 112. The number of carbonyl (C=O) groups is 7. The zero-order valence-electron chi connectivity index (χ0n) is 73.7. The van der Waals surface area contributed by atoms with Gasteiger partial charge in [-0.25, -0.2) is 79.3 Å². The molecular weight excluding hydrogens is 1820 g/mol. The van der Waals surface area contributed by atoms with Gasteiger partial charge in [-0.2, -0.15) is 0 Å². The first-order chi connectivity index (χ1) is 61.4. The minimum Gasteiger partial charge on any atom is -0.748 e. The maximum absolute atomic E-state index is 11.8. The Labute approximate surface area is 762 Å². The van der Waals surface area contributed by atoms with E-state index in [0.717, 1.165) is 138 Å². The van der Waals surface area contributed by atoms with Gasteiger partial charge in [-0.05, 0) is 204 Å². The summed E-state index contributed by atoms with van der Waals surface area (Å²) in [5, 5.41) is 0. The monoisotopic (exact) mass is 1940 g/mol. The van der Waals surface area contributed by atoms with Crippen LogP contribution in [0.25, 0.3) is 0 Å². The fraction of sp³-hybridized carbons (Fsp3) is 0.500. The van der Waals surface area contributed by atoms with Crippen LogP contribution in [0.15, 0.2) is 146 Å². The summed E-state index contributed by atoms with van der Waals surface area (Å²) < 4.78 is 221. The average Bonchev–Trinajstić information content (AvgIpc) is 0.890. The van der Waals surface area contributed by atoms with Crippen LogP contribution >= 0.6 is 0 Å². The van der Waals surface area contributed by atoms with Gasteiger partial charge in [0.1, 0.15) is 45.4 Å². The largest absolute Gasteiger partial charge is 0.748 e. The number of unbranched alkanes of at least 4 members (excludes halogenated alkanes) is 2. The predicted molar refractivity (Wildman–Crippen MR) is 482 cm³/mol. The number of hydrogen-bond donors (Lipinski definition) is 0. The average molecular weight is 1940 g/mol. The van der Waals surface area contributed by atoms with Gasteiger partial charge in [0.15, 0.2) is 0 Å². The SMILES string of the molecule is CCCCN(CCCC)c1ccc(C(=O)OCCS(=O)(=O)[O-])cc1.CCCN(CCC)c1ccc(C(=O)OCCS(=O)(=O)[O-])cc1.CCN(CC)c1ccc(C(=O)OCCS(=O)(=O)[O-])cc1.O=C(OCCS(=O)(=O)[O-])c1ccc(N2CCCCC2)cc1.O=C(OCCS(=O)(=O)[O-])c1ccc(N2CCOCC2)cc1.O=C1CCN(c2ccc(C(=O)OCCS(=O)(=O)[O-])cc2)CC1. The summed E-state index contributed by atoms with van der Waals surface area (Å²) in [6, 6.07) is 41.3. The first-order valence-corrected chi connectivity index (χ1v) is 51.7. The van der Waals surface area contributed by atoms with Gasteiger partial charge < -0.3 is 89.9 Å². The Kier molecular flexibility index (Phi) is 50.2. The molecule has 3 heterocycles. The summed E-state index contributed by atoms with van der Waals surface area (Å²) >= 11 is 0. The molecule has 0 spiro atoms. The van der Waals surface area contributed by atoms with Crippen LogP contribution < -0.4 is 29.4 Å². The second-order valence-electron chi connectivity index (χ2n) is 29.2. The topological polar surface area (TPSA) is 547 Å². The highest BCUT2D eigenvalue weighted by molar-refractivity contribution is 7.86. The summed E-state index contributed by atoms with van der Waals surface area (Å²) in [5.74, 6) is -7.88. The zero-order chi connectivity index (χ0) is 96.5. The molecule has 0 aromatic heterocycles. The van der Waals surface area contributed by atoms with Crippen LogP contribution in [-0.4, -0.2) is 285 Å². The van der Waals surface area contributed by atoms with Crippen LogP contribution in [0.5, 0.6) is 0 Å². The third-order valence-corrected chi connectivity index (χ3v) is 23.2. The smallest absolute Gasteiger partial charge is 0.338 e. The number of esters is 6. The lowest BCUT2D eigenvalue weighted by Gasteiger charge is -2.28. The Balaban J connectivity index is 0.000000327. The second kappa shape index (κ2) is 58.0. The van der Waals surface area contributed by atoms with E-state index in [1.807, 2.05) is 50.2 Å².